The van der Waals surface area contributed by atoms with Crippen molar-refractivity contribution in [2.24, 2.45) is 5.92 Å². The maximum atomic E-state index is 11.8. The molecular formula is C15H19N3O3. The van der Waals surface area contributed by atoms with E-state index in [0.717, 1.165) is 17.7 Å². The topological polar surface area (TPSA) is 88.0 Å². The molecule has 0 aliphatic heterocycles. The predicted molar refractivity (Wildman–Crippen MR) is 79.1 cm³/mol. The minimum Gasteiger partial charge on any atom is -0.326 e. The van der Waals surface area contributed by atoms with Crippen LogP contribution in [0.5, 0.6) is 0 Å². The molecule has 1 amide bonds. The second-order valence-corrected chi connectivity index (χ2v) is 5.40. The number of carbonyl (C=O) groups is 1. The summed E-state index contributed by atoms with van der Waals surface area (Å²) in [6.07, 6.45) is 1.83. The van der Waals surface area contributed by atoms with Crippen molar-refractivity contribution in [3.8, 4) is 0 Å². The minimum atomic E-state index is -0.567. The third-order valence-corrected chi connectivity index (χ3v) is 3.02. The van der Waals surface area contributed by atoms with E-state index in [4.69, 9.17) is 0 Å². The predicted octanol–water partition coefficient (Wildman–Crippen LogP) is 2.33. The lowest BCUT2D eigenvalue weighted by Crippen LogP contribution is -2.12. The van der Waals surface area contributed by atoms with Gasteiger partial charge in [0.05, 0.1) is 0 Å². The molecule has 0 bridgehead atoms. The van der Waals surface area contributed by atoms with Gasteiger partial charge in [0.25, 0.3) is 0 Å². The highest BCUT2D eigenvalue weighted by Crippen LogP contribution is 2.14. The summed E-state index contributed by atoms with van der Waals surface area (Å²) in [5.74, 6) is 0.410. The molecule has 21 heavy (non-hydrogen) atoms. The summed E-state index contributed by atoms with van der Waals surface area (Å²) >= 11 is 0. The van der Waals surface area contributed by atoms with Crippen LogP contribution in [-0.4, -0.2) is 16.0 Å². The van der Waals surface area contributed by atoms with Gasteiger partial charge in [0.2, 0.25) is 5.91 Å². The van der Waals surface area contributed by atoms with Crippen LogP contribution in [0.3, 0.4) is 0 Å². The van der Waals surface area contributed by atoms with Gasteiger partial charge in [0.15, 0.2) is 5.82 Å². The number of rotatable bonds is 6. The summed E-state index contributed by atoms with van der Waals surface area (Å²) < 4.78 is 4.45. The zero-order valence-corrected chi connectivity index (χ0v) is 12.2. The van der Waals surface area contributed by atoms with E-state index >= 15 is 0 Å². The second-order valence-electron chi connectivity index (χ2n) is 5.40. The summed E-state index contributed by atoms with van der Waals surface area (Å²) in [4.78, 5) is 25.2. The van der Waals surface area contributed by atoms with Crippen molar-refractivity contribution < 1.29 is 9.32 Å². The van der Waals surface area contributed by atoms with Gasteiger partial charge in [0.1, 0.15) is 0 Å². The number of H-pyrrole nitrogens is 1. The molecule has 1 heterocycles. The SMILES string of the molecule is CC(C)CCC(=O)Nc1cccc(Cc2noc(=O)[nH]2)c1. The molecule has 1 aromatic heterocycles. The Morgan fingerprint density at radius 3 is 2.90 bits per heavy atom. The maximum Gasteiger partial charge on any atom is 0.438 e. The Bertz CT molecular complexity index is 658. The van der Waals surface area contributed by atoms with Gasteiger partial charge in [-0.2, -0.15) is 0 Å². The van der Waals surface area contributed by atoms with E-state index in [1.54, 1.807) is 0 Å². The highest BCUT2D eigenvalue weighted by molar-refractivity contribution is 5.90. The molecule has 2 N–H and O–H groups in total. The van der Waals surface area contributed by atoms with Crippen LogP contribution in [0.4, 0.5) is 5.69 Å². The Balaban J connectivity index is 1.97. The Morgan fingerprint density at radius 2 is 2.24 bits per heavy atom. The number of aromatic amines is 1. The number of nitrogens with zero attached hydrogens (tertiary/aromatic N) is 1. The molecule has 0 saturated carbocycles. The maximum absolute atomic E-state index is 11.8. The Morgan fingerprint density at radius 1 is 1.43 bits per heavy atom. The molecule has 0 aliphatic rings. The van der Waals surface area contributed by atoms with Crippen LogP contribution < -0.4 is 11.1 Å². The molecule has 6 nitrogen and oxygen atoms in total. The van der Waals surface area contributed by atoms with Gasteiger partial charge in [-0.15, -0.1) is 0 Å². The van der Waals surface area contributed by atoms with E-state index in [0.29, 0.717) is 24.6 Å². The van der Waals surface area contributed by atoms with Crippen molar-refractivity contribution >= 4 is 11.6 Å². The fourth-order valence-electron chi connectivity index (χ4n) is 1.93. The molecule has 112 valence electrons. The van der Waals surface area contributed by atoms with Gasteiger partial charge in [-0.1, -0.05) is 31.1 Å². The average Bonchev–Trinajstić information content (AvgIpc) is 2.82. The van der Waals surface area contributed by atoms with Crippen LogP contribution in [0, 0.1) is 5.92 Å². The zero-order valence-electron chi connectivity index (χ0n) is 12.2. The lowest BCUT2D eigenvalue weighted by Gasteiger charge is -2.08. The van der Waals surface area contributed by atoms with Crippen molar-refractivity contribution in [1.82, 2.24) is 10.1 Å². The van der Waals surface area contributed by atoms with E-state index < -0.39 is 5.76 Å². The first-order valence-corrected chi connectivity index (χ1v) is 6.96. The molecule has 1 aromatic carbocycles. The number of carbonyl (C=O) groups excluding carboxylic acids is 1. The first-order valence-electron chi connectivity index (χ1n) is 6.96. The fraction of sp³-hybridized carbons (Fsp3) is 0.400. The Kier molecular flexibility index (Phi) is 4.92. The standard InChI is InChI=1S/C15H19N3O3/c1-10(2)6-7-14(19)16-12-5-3-4-11(8-12)9-13-17-15(20)21-18-13/h3-5,8,10H,6-7,9H2,1-2H3,(H,16,19)(H,17,18,20). The molecule has 0 radical (unpaired) electrons. The largest absolute Gasteiger partial charge is 0.438 e. The van der Waals surface area contributed by atoms with Crippen LogP contribution in [0.2, 0.25) is 0 Å². The van der Waals surface area contributed by atoms with E-state index in [2.05, 4.69) is 33.8 Å². The van der Waals surface area contributed by atoms with E-state index in [1.807, 2.05) is 24.3 Å². The lowest BCUT2D eigenvalue weighted by molar-refractivity contribution is -0.116. The van der Waals surface area contributed by atoms with Crippen molar-refractivity contribution in [2.75, 3.05) is 5.32 Å². The molecule has 0 aliphatic carbocycles. The van der Waals surface area contributed by atoms with Gasteiger partial charge in [-0.05, 0) is 30.0 Å². The number of hydrogen-bond acceptors (Lipinski definition) is 4. The number of nitrogens with one attached hydrogen (secondary N) is 2. The Labute approximate surface area is 122 Å². The average molecular weight is 289 g/mol. The molecule has 0 atom stereocenters. The number of anilines is 1. The van der Waals surface area contributed by atoms with Gasteiger partial charge in [0, 0.05) is 18.5 Å². The first kappa shape index (κ1) is 15.0. The normalized spacial score (nSPS) is 10.8. The van der Waals surface area contributed by atoms with Crippen LogP contribution in [-0.2, 0) is 11.2 Å². The zero-order chi connectivity index (χ0) is 15.2. The summed E-state index contributed by atoms with van der Waals surface area (Å²) in [5, 5.41) is 6.49. The number of aromatic nitrogens is 2. The van der Waals surface area contributed by atoms with Crippen LogP contribution in [0.1, 0.15) is 38.1 Å². The molecule has 0 unspecified atom stereocenters. The summed E-state index contributed by atoms with van der Waals surface area (Å²) in [6, 6.07) is 7.45. The number of benzene rings is 1. The van der Waals surface area contributed by atoms with Gasteiger partial charge in [-0.25, -0.2) is 4.79 Å². The second kappa shape index (κ2) is 6.88. The van der Waals surface area contributed by atoms with E-state index in [-0.39, 0.29) is 5.91 Å². The Hall–Kier alpha value is -2.37. The highest BCUT2D eigenvalue weighted by Gasteiger charge is 2.06. The quantitative estimate of drug-likeness (QED) is 0.854. The van der Waals surface area contributed by atoms with Crippen LogP contribution in [0.25, 0.3) is 0 Å². The van der Waals surface area contributed by atoms with Gasteiger partial charge >= 0.3 is 5.76 Å². The van der Waals surface area contributed by atoms with E-state index in [1.165, 1.54) is 0 Å². The molecule has 2 rings (SSSR count). The minimum absolute atomic E-state index is 0.00990. The summed E-state index contributed by atoms with van der Waals surface area (Å²) in [5.41, 5.74) is 1.67. The van der Waals surface area contributed by atoms with Crippen LogP contribution in [0.15, 0.2) is 33.6 Å². The van der Waals surface area contributed by atoms with E-state index in [9.17, 15) is 9.59 Å². The van der Waals surface area contributed by atoms with Crippen molar-refractivity contribution in [3.63, 3.8) is 0 Å². The third-order valence-electron chi connectivity index (χ3n) is 3.02. The molecule has 0 spiro atoms. The smallest absolute Gasteiger partial charge is 0.326 e. The molecule has 2 aromatic rings. The van der Waals surface area contributed by atoms with Crippen molar-refractivity contribution in [2.45, 2.75) is 33.1 Å². The number of amides is 1. The first-order chi connectivity index (χ1) is 10.0. The third kappa shape index (κ3) is 4.91. The highest BCUT2D eigenvalue weighted by atomic mass is 16.5. The lowest BCUT2D eigenvalue weighted by atomic mass is 10.1. The van der Waals surface area contributed by atoms with Crippen molar-refractivity contribution in [3.05, 3.63) is 46.2 Å². The molecule has 0 saturated heterocycles. The molecular weight excluding hydrogens is 270 g/mol. The van der Waals surface area contributed by atoms with Gasteiger partial charge < -0.3 is 5.32 Å². The summed E-state index contributed by atoms with van der Waals surface area (Å²) in [6.45, 7) is 4.18. The summed E-state index contributed by atoms with van der Waals surface area (Å²) in [7, 11) is 0. The van der Waals surface area contributed by atoms with Crippen LogP contribution >= 0.6 is 0 Å². The van der Waals surface area contributed by atoms with Gasteiger partial charge in [-0.3, -0.25) is 14.3 Å². The molecule has 6 heteroatoms. The fourth-order valence-corrected chi connectivity index (χ4v) is 1.93. The number of hydrogen-bond donors (Lipinski definition) is 2. The van der Waals surface area contributed by atoms with Crippen molar-refractivity contribution in [1.29, 1.82) is 0 Å². The molecule has 0 fully saturated rings. The monoisotopic (exact) mass is 289 g/mol.